The van der Waals surface area contributed by atoms with Gasteiger partial charge in [-0.1, -0.05) is 84.9 Å². The third kappa shape index (κ3) is 6.58. The molecule has 0 bridgehead atoms. The summed E-state index contributed by atoms with van der Waals surface area (Å²) in [5, 5.41) is 2.99. The number of ketones is 1. The predicted octanol–water partition coefficient (Wildman–Crippen LogP) is 5.01. The van der Waals surface area contributed by atoms with Gasteiger partial charge in [0, 0.05) is 24.2 Å². The van der Waals surface area contributed by atoms with Gasteiger partial charge in [-0.25, -0.2) is 13.1 Å². The quantitative estimate of drug-likeness (QED) is 0.292. The minimum Gasteiger partial charge on any atom is -0.352 e. The van der Waals surface area contributed by atoms with Crippen molar-refractivity contribution in [3.05, 3.63) is 125 Å². The maximum absolute atomic E-state index is 13.1. The molecule has 0 spiro atoms. The fourth-order valence-corrected chi connectivity index (χ4v) is 5.04. The van der Waals surface area contributed by atoms with Crippen LogP contribution >= 0.6 is 0 Å². The summed E-state index contributed by atoms with van der Waals surface area (Å²) < 4.78 is 28.4. The fraction of sp³-hybridized carbons (Fsp3) is 0.133. The molecule has 0 aliphatic rings. The van der Waals surface area contributed by atoms with Crippen LogP contribution in [-0.4, -0.2) is 26.7 Å². The molecule has 7 heteroatoms. The first-order chi connectivity index (χ1) is 17.8. The van der Waals surface area contributed by atoms with E-state index in [0.717, 1.165) is 28.7 Å². The van der Waals surface area contributed by atoms with Crippen molar-refractivity contribution in [3.8, 4) is 11.1 Å². The lowest BCUT2D eigenvalue weighted by Crippen LogP contribution is -2.26. The van der Waals surface area contributed by atoms with E-state index >= 15 is 0 Å². The van der Waals surface area contributed by atoms with Crippen molar-refractivity contribution in [1.82, 2.24) is 10.0 Å². The molecule has 0 atom stereocenters. The molecule has 0 heterocycles. The molecule has 0 saturated heterocycles. The van der Waals surface area contributed by atoms with Gasteiger partial charge in [0.25, 0.3) is 5.91 Å². The SMILES string of the molecule is CC(=O)c1ccc(S(=O)(=O)NCc2ccccc2-c2ccccc2C(=O)NCCc2ccccc2)cc1. The van der Waals surface area contributed by atoms with E-state index < -0.39 is 10.0 Å². The summed E-state index contributed by atoms with van der Waals surface area (Å²) in [7, 11) is -3.81. The van der Waals surface area contributed by atoms with E-state index in [1.807, 2.05) is 72.8 Å². The minimum atomic E-state index is -3.81. The Kier molecular flexibility index (Phi) is 8.28. The van der Waals surface area contributed by atoms with Crippen LogP contribution in [0.1, 0.15) is 38.8 Å². The molecule has 6 nitrogen and oxygen atoms in total. The molecule has 4 aromatic rings. The normalized spacial score (nSPS) is 11.2. The fourth-order valence-electron chi connectivity index (χ4n) is 4.04. The Morgan fingerprint density at radius 3 is 2.05 bits per heavy atom. The second kappa shape index (κ2) is 11.8. The van der Waals surface area contributed by atoms with E-state index in [4.69, 9.17) is 0 Å². The Balaban J connectivity index is 1.51. The Bertz CT molecular complexity index is 1500. The van der Waals surface area contributed by atoms with Crippen molar-refractivity contribution in [1.29, 1.82) is 0 Å². The molecule has 37 heavy (non-hydrogen) atoms. The van der Waals surface area contributed by atoms with Gasteiger partial charge < -0.3 is 5.32 Å². The molecular formula is C30H28N2O4S. The Labute approximate surface area is 217 Å². The standard InChI is InChI=1S/C30H28N2O4S/c1-22(33)24-15-17-26(18-16-24)37(35,36)32-21-25-11-5-6-12-27(25)28-13-7-8-14-29(28)30(34)31-20-19-23-9-3-2-4-10-23/h2-18,32H,19-21H2,1H3,(H,31,34). The number of carbonyl (C=O) groups excluding carboxylic acids is 2. The van der Waals surface area contributed by atoms with Crippen LogP contribution in [0.15, 0.2) is 108 Å². The van der Waals surface area contributed by atoms with E-state index in [0.29, 0.717) is 17.7 Å². The van der Waals surface area contributed by atoms with Gasteiger partial charge in [-0.05, 0) is 53.8 Å². The van der Waals surface area contributed by atoms with Gasteiger partial charge >= 0.3 is 0 Å². The highest BCUT2D eigenvalue weighted by Gasteiger charge is 2.18. The molecule has 0 saturated carbocycles. The van der Waals surface area contributed by atoms with Crippen LogP contribution < -0.4 is 10.0 Å². The van der Waals surface area contributed by atoms with Gasteiger partial charge in [-0.2, -0.15) is 0 Å². The molecule has 188 valence electrons. The molecule has 0 aliphatic heterocycles. The molecule has 2 N–H and O–H groups in total. The number of amides is 1. The van der Waals surface area contributed by atoms with Crippen molar-refractivity contribution >= 4 is 21.7 Å². The van der Waals surface area contributed by atoms with Gasteiger partial charge in [-0.3, -0.25) is 9.59 Å². The third-order valence-corrected chi connectivity index (χ3v) is 7.46. The molecular weight excluding hydrogens is 484 g/mol. The number of nitrogens with one attached hydrogen (secondary N) is 2. The van der Waals surface area contributed by atoms with Crippen molar-refractivity contribution in [2.24, 2.45) is 0 Å². The van der Waals surface area contributed by atoms with Crippen LogP contribution in [0.3, 0.4) is 0 Å². The molecule has 4 aromatic carbocycles. The number of hydrogen-bond donors (Lipinski definition) is 2. The highest BCUT2D eigenvalue weighted by atomic mass is 32.2. The second-order valence-corrected chi connectivity index (χ2v) is 10.4. The zero-order valence-corrected chi connectivity index (χ0v) is 21.3. The summed E-state index contributed by atoms with van der Waals surface area (Å²) >= 11 is 0. The second-order valence-electron chi connectivity index (χ2n) is 8.60. The zero-order chi connectivity index (χ0) is 26.3. The van der Waals surface area contributed by atoms with Crippen LogP contribution in [0.2, 0.25) is 0 Å². The topological polar surface area (TPSA) is 92.3 Å². The summed E-state index contributed by atoms with van der Waals surface area (Å²) in [5.41, 5.74) is 4.33. The largest absolute Gasteiger partial charge is 0.352 e. The number of Topliss-reactive ketones (excluding diaryl/α,β-unsaturated/α-hetero) is 1. The number of sulfonamides is 1. The molecule has 0 aromatic heterocycles. The number of carbonyl (C=O) groups is 2. The van der Waals surface area contributed by atoms with Crippen LogP contribution in [0.25, 0.3) is 11.1 Å². The van der Waals surface area contributed by atoms with Crippen LogP contribution in [-0.2, 0) is 23.0 Å². The molecule has 0 aliphatic carbocycles. The first-order valence-corrected chi connectivity index (χ1v) is 13.4. The summed E-state index contributed by atoms with van der Waals surface area (Å²) in [4.78, 5) is 24.6. The van der Waals surface area contributed by atoms with E-state index in [1.165, 1.54) is 31.2 Å². The molecule has 4 rings (SSSR count). The smallest absolute Gasteiger partial charge is 0.251 e. The summed E-state index contributed by atoms with van der Waals surface area (Å²) in [6.45, 7) is 1.97. The van der Waals surface area contributed by atoms with Crippen molar-refractivity contribution in [2.75, 3.05) is 6.54 Å². The van der Waals surface area contributed by atoms with Gasteiger partial charge in [0.15, 0.2) is 5.78 Å². The van der Waals surface area contributed by atoms with E-state index in [1.54, 1.807) is 6.07 Å². The van der Waals surface area contributed by atoms with Crippen molar-refractivity contribution in [2.45, 2.75) is 24.8 Å². The Hall–Kier alpha value is -4.07. The van der Waals surface area contributed by atoms with Gasteiger partial charge in [0.1, 0.15) is 0 Å². The highest BCUT2D eigenvalue weighted by Crippen LogP contribution is 2.27. The maximum Gasteiger partial charge on any atom is 0.251 e. The third-order valence-electron chi connectivity index (χ3n) is 6.05. The summed E-state index contributed by atoms with van der Waals surface area (Å²) in [5.74, 6) is -0.318. The number of hydrogen-bond acceptors (Lipinski definition) is 4. The number of rotatable bonds is 10. The van der Waals surface area contributed by atoms with E-state index in [-0.39, 0.29) is 23.1 Å². The highest BCUT2D eigenvalue weighted by molar-refractivity contribution is 7.89. The van der Waals surface area contributed by atoms with Gasteiger partial charge in [-0.15, -0.1) is 0 Å². The average molecular weight is 513 g/mol. The lowest BCUT2D eigenvalue weighted by atomic mass is 9.95. The van der Waals surface area contributed by atoms with Gasteiger partial charge in [0.05, 0.1) is 4.90 Å². The van der Waals surface area contributed by atoms with Crippen molar-refractivity contribution in [3.63, 3.8) is 0 Å². The first kappa shape index (κ1) is 26.0. The van der Waals surface area contributed by atoms with Crippen molar-refractivity contribution < 1.29 is 18.0 Å². The lowest BCUT2D eigenvalue weighted by molar-refractivity contribution is 0.0953. The molecule has 0 radical (unpaired) electrons. The minimum absolute atomic E-state index is 0.0386. The molecule has 1 amide bonds. The zero-order valence-electron chi connectivity index (χ0n) is 20.5. The predicted molar refractivity (Wildman–Crippen MR) is 145 cm³/mol. The summed E-state index contributed by atoms with van der Waals surface area (Å²) in [6, 6.07) is 30.5. The molecule has 0 unspecified atom stereocenters. The Morgan fingerprint density at radius 1 is 0.730 bits per heavy atom. The van der Waals surface area contributed by atoms with Crippen LogP contribution in [0, 0.1) is 0 Å². The maximum atomic E-state index is 13.1. The van der Waals surface area contributed by atoms with Crippen LogP contribution in [0.5, 0.6) is 0 Å². The summed E-state index contributed by atoms with van der Waals surface area (Å²) in [6.07, 6.45) is 0.723. The molecule has 0 fully saturated rings. The average Bonchev–Trinajstić information content (AvgIpc) is 2.93. The van der Waals surface area contributed by atoms with Crippen LogP contribution in [0.4, 0.5) is 0 Å². The Morgan fingerprint density at radius 2 is 1.35 bits per heavy atom. The van der Waals surface area contributed by atoms with E-state index in [2.05, 4.69) is 10.0 Å². The van der Waals surface area contributed by atoms with E-state index in [9.17, 15) is 18.0 Å². The lowest BCUT2D eigenvalue weighted by Gasteiger charge is -2.15. The monoisotopic (exact) mass is 512 g/mol. The first-order valence-electron chi connectivity index (χ1n) is 12.0. The van der Waals surface area contributed by atoms with Gasteiger partial charge in [0.2, 0.25) is 10.0 Å². The number of benzene rings is 4.